The molecule has 0 unspecified atom stereocenters. The highest BCUT2D eigenvalue weighted by Crippen LogP contribution is 2.31. The molecule has 2 heterocycles. The first kappa shape index (κ1) is 17.7. The van der Waals surface area contributed by atoms with Crippen LogP contribution in [0.25, 0.3) is 11.1 Å². The monoisotopic (exact) mass is 362 g/mol. The van der Waals surface area contributed by atoms with E-state index in [4.69, 9.17) is 9.15 Å². The summed E-state index contributed by atoms with van der Waals surface area (Å²) in [4.78, 5) is 14.8. The van der Waals surface area contributed by atoms with E-state index >= 15 is 0 Å². The minimum atomic E-state index is -0.374. The average Bonchev–Trinajstić information content (AvgIpc) is 2.98. The number of oxazole rings is 1. The Bertz CT molecular complexity index is 799. The molecular weight excluding hydrogens is 335 g/mol. The molecule has 142 valence electrons. The molecule has 2 fully saturated rings. The zero-order valence-electron chi connectivity index (χ0n) is 15.3. The van der Waals surface area contributed by atoms with Gasteiger partial charge < -0.3 is 14.1 Å². The number of piperidine rings is 1. The molecule has 2 aromatic rings. The van der Waals surface area contributed by atoms with Crippen LogP contribution < -0.4 is 5.76 Å². The van der Waals surface area contributed by atoms with Crippen molar-refractivity contribution in [1.29, 1.82) is 0 Å². The largest absolute Gasteiger partial charge is 0.420 e. The van der Waals surface area contributed by atoms with Gasteiger partial charge in [-0.2, -0.15) is 0 Å². The third kappa shape index (κ3) is 3.45. The van der Waals surface area contributed by atoms with Crippen LogP contribution in [0.3, 0.4) is 0 Å². The second-order valence-electron chi connectivity index (χ2n) is 7.50. The van der Waals surface area contributed by atoms with E-state index < -0.39 is 0 Å². The zero-order valence-corrected chi connectivity index (χ0v) is 15.3. The van der Waals surface area contributed by atoms with Gasteiger partial charge in [-0.15, -0.1) is 0 Å². The van der Waals surface area contributed by atoms with Crippen LogP contribution in [0.5, 0.6) is 0 Å². The fourth-order valence-corrected chi connectivity index (χ4v) is 4.67. The molecule has 0 N–H and O–H groups in total. The summed E-state index contributed by atoms with van der Waals surface area (Å²) in [7, 11) is 0. The number of nitrogens with zero attached hydrogens (tertiary/aromatic N) is 2. The summed E-state index contributed by atoms with van der Waals surface area (Å²) >= 11 is 0. The van der Waals surface area contributed by atoms with Gasteiger partial charge in [-0.1, -0.05) is 0 Å². The fourth-order valence-electron chi connectivity index (χ4n) is 4.67. The van der Waals surface area contributed by atoms with Gasteiger partial charge in [0, 0.05) is 37.8 Å². The highest BCUT2D eigenvalue weighted by atomic mass is 19.1. The van der Waals surface area contributed by atoms with Gasteiger partial charge in [-0.05, 0) is 57.6 Å². The zero-order chi connectivity index (χ0) is 18.1. The number of hydrogen-bond acceptors (Lipinski definition) is 4. The summed E-state index contributed by atoms with van der Waals surface area (Å²) in [6.45, 7) is 4.81. The topological polar surface area (TPSA) is 47.6 Å². The Morgan fingerprint density at radius 2 is 1.85 bits per heavy atom. The third-order valence-electron chi connectivity index (χ3n) is 6.00. The van der Waals surface area contributed by atoms with Crippen molar-refractivity contribution in [3.05, 3.63) is 34.6 Å². The van der Waals surface area contributed by atoms with Crippen LogP contribution in [-0.4, -0.2) is 41.3 Å². The maximum atomic E-state index is 13.6. The minimum Gasteiger partial charge on any atom is -0.408 e. The minimum absolute atomic E-state index is 0.0848. The number of fused-ring (bicyclic) bond motifs is 1. The Labute approximate surface area is 152 Å². The van der Waals surface area contributed by atoms with Crippen LogP contribution in [0.4, 0.5) is 4.39 Å². The second kappa shape index (κ2) is 7.53. The Morgan fingerprint density at radius 1 is 1.12 bits per heavy atom. The van der Waals surface area contributed by atoms with Crippen LogP contribution in [0.2, 0.25) is 0 Å². The van der Waals surface area contributed by atoms with Crippen molar-refractivity contribution in [1.82, 2.24) is 9.47 Å². The fraction of sp³-hybridized carbons (Fsp3) is 0.650. The van der Waals surface area contributed by atoms with Crippen molar-refractivity contribution in [2.75, 3.05) is 19.7 Å². The number of ether oxygens (including phenoxy) is 1. The molecule has 0 spiro atoms. The maximum Gasteiger partial charge on any atom is 0.420 e. The standard InChI is InChI=1S/C20H27FN2O3/c1-2-25-17-6-4-15(5-7-17)22-11-9-16(10-12-22)23-18-13-14(21)3-8-19(18)26-20(23)24/h3,8,13,15-17H,2,4-7,9-12H2,1H3/t15-,17-. The molecule has 4 rings (SSSR count). The molecule has 1 saturated heterocycles. The molecule has 1 aliphatic heterocycles. The quantitative estimate of drug-likeness (QED) is 0.832. The lowest BCUT2D eigenvalue weighted by Gasteiger charge is -2.40. The van der Waals surface area contributed by atoms with Crippen molar-refractivity contribution >= 4 is 11.1 Å². The molecule has 0 atom stereocenters. The van der Waals surface area contributed by atoms with Crippen LogP contribution >= 0.6 is 0 Å². The van der Waals surface area contributed by atoms with E-state index in [9.17, 15) is 9.18 Å². The van der Waals surface area contributed by atoms with Crippen molar-refractivity contribution in [3.63, 3.8) is 0 Å². The van der Waals surface area contributed by atoms with Gasteiger partial charge in [-0.25, -0.2) is 9.18 Å². The molecule has 2 aliphatic rings. The Hall–Kier alpha value is -1.66. The van der Waals surface area contributed by atoms with E-state index in [2.05, 4.69) is 11.8 Å². The molecule has 1 saturated carbocycles. The lowest BCUT2D eigenvalue weighted by Crippen LogP contribution is -2.45. The lowest BCUT2D eigenvalue weighted by atomic mass is 9.90. The number of aromatic nitrogens is 1. The van der Waals surface area contributed by atoms with Crippen molar-refractivity contribution < 1.29 is 13.5 Å². The van der Waals surface area contributed by atoms with Gasteiger partial charge in [0.1, 0.15) is 5.82 Å². The van der Waals surface area contributed by atoms with Gasteiger partial charge in [0.25, 0.3) is 0 Å². The number of benzene rings is 1. The molecule has 1 aromatic heterocycles. The van der Waals surface area contributed by atoms with E-state index in [1.54, 1.807) is 4.57 Å². The number of rotatable bonds is 4. The molecule has 0 radical (unpaired) electrons. The molecule has 26 heavy (non-hydrogen) atoms. The van der Waals surface area contributed by atoms with E-state index in [0.717, 1.165) is 45.4 Å². The molecule has 5 nitrogen and oxygen atoms in total. The normalized spacial score (nSPS) is 25.8. The molecule has 0 bridgehead atoms. The molecule has 6 heteroatoms. The Kier molecular flexibility index (Phi) is 5.14. The third-order valence-corrected chi connectivity index (χ3v) is 6.00. The van der Waals surface area contributed by atoms with Crippen molar-refractivity contribution in [2.45, 2.75) is 63.6 Å². The summed E-state index contributed by atoms with van der Waals surface area (Å²) in [5.41, 5.74) is 1.04. The summed E-state index contributed by atoms with van der Waals surface area (Å²) in [6, 6.07) is 4.98. The second-order valence-corrected chi connectivity index (χ2v) is 7.50. The van der Waals surface area contributed by atoms with Gasteiger partial charge in [0.05, 0.1) is 11.6 Å². The highest BCUT2D eigenvalue weighted by Gasteiger charge is 2.31. The first-order valence-electron chi connectivity index (χ1n) is 9.82. The summed E-state index contributed by atoms with van der Waals surface area (Å²) in [6.07, 6.45) is 6.89. The van der Waals surface area contributed by atoms with Crippen LogP contribution in [0, 0.1) is 5.82 Å². The van der Waals surface area contributed by atoms with Crippen molar-refractivity contribution in [2.24, 2.45) is 0 Å². The predicted octanol–water partition coefficient (Wildman–Crippen LogP) is 3.72. The van der Waals surface area contributed by atoms with E-state index in [1.165, 1.54) is 31.0 Å². The van der Waals surface area contributed by atoms with Gasteiger partial charge in [0.15, 0.2) is 5.58 Å². The van der Waals surface area contributed by atoms with Crippen molar-refractivity contribution in [3.8, 4) is 0 Å². The molecule has 0 amide bonds. The van der Waals surface area contributed by atoms with Gasteiger partial charge in [-0.3, -0.25) is 4.57 Å². The van der Waals surface area contributed by atoms with Gasteiger partial charge in [0.2, 0.25) is 0 Å². The van der Waals surface area contributed by atoms with Crippen LogP contribution in [-0.2, 0) is 4.74 Å². The first-order valence-corrected chi connectivity index (χ1v) is 9.82. The molecular formula is C20H27FN2O3. The average molecular weight is 362 g/mol. The number of halogens is 1. The van der Waals surface area contributed by atoms with Crippen LogP contribution in [0.15, 0.2) is 27.4 Å². The summed E-state index contributed by atoms with van der Waals surface area (Å²) in [5, 5.41) is 0. The van der Waals surface area contributed by atoms with E-state index in [-0.39, 0.29) is 17.6 Å². The summed E-state index contributed by atoms with van der Waals surface area (Å²) in [5.74, 6) is -0.711. The van der Waals surface area contributed by atoms with Gasteiger partial charge >= 0.3 is 5.76 Å². The summed E-state index contributed by atoms with van der Waals surface area (Å²) < 4.78 is 26.3. The van der Waals surface area contributed by atoms with Crippen LogP contribution in [0.1, 0.15) is 51.5 Å². The number of hydrogen-bond donors (Lipinski definition) is 0. The smallest absolute Gasteiger partial charge is 0.408 e. The first-order chi connectivity index (χ1) is 12.7. The van der Waals surface area contributed by atoms with E-state index in [0.29, 0.717) is 23.2 Å². The molecule has 1 aliphatic carbocycles. The Balaban J connectivity index is 1.41. The molecule has 1 aromatic carbocycles. The van der Waals surface area contributed by atoms with E-state index in [1.807, 2.05) is 0 Å². The highest BCUT2D eigenvalue weighted by molar-refractivity contribution is 5.73. The Morgan fingerprint density at radius 3 is 2.54 bits per heavy atom. The SMILES string of the molecule is CCO[C@H]1CC[C@H](N2CCC(n3c(=O)oc4ccc(F)cc43)CC2)CC1. The predicted molar refractivity (Wildman–Crippen MR) is 97.9 cm³/mol. The lowest BCUT2D eigenvalue weighted by molar-refractivity contribution is 0.00787. The maximum absolute atomic E-state index is 13.6. The number of likely N-dealkylation sites (tertiary alicyclic amines) is 1.